The van der Waals surface area contributed by atoms with E-state index < -0.39 is 54.6 Å². The Hall–Kier alpha value is -2.53. The molecule has 5 aliphatic rings. The highest BCUT2D eigenvalue weighted by molar-refractivity contribution is 5.85. The van der Waals surface area contributed by atoms with Crippen LogP contribution in [0, 0.1) is 34.0 Å². The lowest BCUT2D eigenvalue weighted by Crippen LogP contribution is -2.69. The van der Waals surface area contributed by atoms with Crippen LogP contribution in [0.15, 0.2) is 0 Å². The molecule has 11 heteroatoms. The second-order valence-electron chi connectivity index (χ2n) is 12.7. The highest BCUT2D eigenvalue weighted by Crippen LogP contribution is 2.86. The van der Waals surface area contributed by atoms with Crippen LogP contribution in [0.4, 0.5) is 0 Å². The number of hydrogen-bond acceptors (Lipinski definition) is 11. The maximum atomic E-state index is 13.3. The molecule has 1 heterocycles. The third-order valence-electron chi connectivity index (χ3n) is 11.0. The van der Waals surface area contributed by atoms with E-state index in [2.05, 4.69) is 13.8 Å². The Balaban J connectivity index is 1.42. The number of carbonyl (C=O) groups excluding carboxylic acids is 5. The van der Waals surface area contributed by atoms with Crippen LogP contribution in [0.5, 0.6) is 0 Å². The van der Waals surface area contributed by atoms with E-state index in [1.165, 1.54) is 27.7 Å². The molecule has 2 bridgehead atoms. The first-order valence-electron chi connectivity index (χ1n) is 14.2. The van der Waals surface area contributed by atoms with Crippen LogP contribution in [-0.2, 0) is 52.4 Å². The van der Waals surface area contributed by atoms with Crippen molar-refractivity contribution in [1.82, 2.24) is 0 Å². The molecule has 5 fully saturated rings. The summed E-state index contributed by atoms with van der Waals surface area (Å²) in [6.45, 7) is 9.26. The maximum absolute atomic E-state index is 13.3. The number of fused-ring (bicyclic) bond motifs is 2. The van der Waals surface area contributed by atoms with Crippen LogP contribution in [0.25, 0.3) is 0 Å². The Kier molecular flexibility index (Phi) is 7.30. The lowest BCUT2D eigenvalue weighted by molar-refractivity contribution is -0.314. The largest absolute Gasteiger partial charge is 0.463 e. The average Bonchev–Trinajstić information content (AvgIpc) is 3.36. The van der Waals surface area contributed by atoms with Gasteiger partial charge >= 0.3 is 23.9 Å². The van der Waals surface area contributed by atoms with Gasteiger partial charge in [-0.2, -0.15) is 0 Å². The van der Waals surface area contributed by atoms with Gasteiger partial charge < -0.3 is 28.4 Å². The third kappa shape index (κ3) is 4.26. The molecule has 0 amide bonds. The SMILES string of the molecule is CC(=O)OCC1OC(OCC2CC(=O)C3CC4(C)C5CCC2(C5)C34C)C(OC(C)=O)C(OC(C)=O)C1OC(C)=O. The van der Waals surface area contributed by atoms with Crippen molar-refractivity contribution >= 4 is 29.7 Å². The minimum atomic E-state index is -1.28. The molecule has 5 rings (SSSR count). The first kappa shape index (κ1) is 29.0. The van der Waals surface area contributed by atoms with Gasteiger partial charge in [-0.1, -0.05) is 13.8 Å². The minimum Gasteiger partial charge on any atom is -0.463 e. The third-order valence-corrected chi connectivity index (χ3v) is 11.0. The smallest absolute Gasteiger partial charge is 0.303 e. The second kappa shape index (κ2) is 10.1. The van der Waals surface area contributed by atoms with E-state index in [0.717, 1.165) is 25.7 Å². The van der Waals surface area contributed by atoms with Gasteiger partial charge in [-0.05, 0) is 53.8 Å². The summed E-state index contributed by atoms with van der Waals surface area (Å²) in [6, 6.07) is 0. The Morgan fingerprint density at radius 1 is 0.850 bits per heavy atom. The van der Waals surface area contributed by atoms with Gasteiger partial charge in [0.25, 0.3) is 0 Å². The molecule has 0 aromatic heterocycles. The van der Waals surface area contributed by atoms with Crippen LogP contribution in [0.2, 0.25) is 0 Å². The van der Waals surface area contributed by atoms with Crippen LogP contribution in [-0.4, -0.2) is 73.6 Å². The molecule has 40 heavy (non-hydrogen) atoms. The van der Waals surface area contributed by atoms with Crippen molar-refractivity contribution in [3.8, 4) is 0 Å². The summed E-state index contributed by atoms with van der Waals surface area (Å²) in [5.74, 6) is -1.76. The van der Waals surface area contributed by atoms with Crippen molar-refractivity contribution in [3.05, 3.63) is 0 Å². The van der Waals surface area contributed by atoms with Gasteiger partial charge in [0, 0.05) is 40.0 Å². The van der Waals surface area contributed by atoms with Crippen LogP contribution < -0.4 is 0 Å². The molecule has 1 aliphatic heterocycles. The lowest BCUT2D eigenvalue weighted by atomic mass is 9.32. The van der Waals surface area contributed by atoms with E-state index >= 15 is 0 Å². The summed E-state index contributed by atoms with van der Waals surface area (Å²) in [4.78, 5) is 61.1. The van der Waals surface area contributed by atoms with E-state index in [9.17, 15) is 24.0 Å². The summed E-state index contributed by atoms with van der Waals surface area (Å²) in [6.07, 6.45) is -1.47. The fraction of sp³-hybridized carbons (Fsp3) is 0.828. The molecular formula is C29H40O11. The molecule has 11 nitrogen and oxygen atoms in total. The van der Waals surface area contributed by atoms with E-state index in [0.29, 0.717) is 12.3 Å². The summed E-state index contributed by atoms with van der Waals surface area (Å²) >= 11 is 0. The standard InChI is InChI=1S/C29H40O11/c1-14(30)35-13-22-23(37-15(2)31)24(38-16(3)32)25(39-17(4)33)26(40-22)36-12-19-9-21(34)20-11-27(5)18-7-8-29(19,10-18)28(20,27)6/h18-20,22-26H,7-13H2,1-6H3. The fourth-order valence-corrected chi connectivity index (χ4v) is 9.27. The first-order chi connectivity index (χ1) is 18.7. The molecule has 222 valence electrons. The minimum absolute atomic E-state index is 0.0262. The summed E-state index contributed by atoms with van der Waals surface area (Å²) < 4.78 is 34.1. The second-order valence-corrected chi connectivity index (χ2v) is 12.7. The Bertz CT molecular complexity index is 1100. The van der Waals surface area contributed by atoms with Crippen molar-refractivity contribution in [2.24, 2.45) is 34.0 Å². The molecule has 1 saturated heterocycles. The lowest BCUT2D eigenvalue weighted by Gasteiger charge is -2.71. The van der Waals surface area contributed by atoms with Crippen molar-refractivity contribution in [1.29, 1.82) is 0 Å². The van der Waals surface area contributed by atoms with E-state index in [-0.39, 0.29) is 47.1 Å². The number of esters is 4. The normalized spacial score (nSPS) is 44.7. The van der Waals surface area contributed by atoms with Crippen LogP contribution in [0.3, 0.4) is 0 Å². The molecule has 0 aromatic carbocycles. The summed E-state index contributed by atoms with van der Waals surface area (Å²) in [5, 5.41) is 0. The Morgan fingerprint density at radius 3 is 2.10 bits per heavy atom. The summed E-state index contributed by atoms with van der Waals surface area (Å²) in [5.41, 5.74) is 0.0494. The van der Waals surface area contributed by atoms with Gasteiger partial charge in [0.1, 0.15) is 18.5 Å². The number of hydrogen-bond donors (Lipinski definition) is 0. The molecule has 1 spiro atoms. The van der Waals surface area contributed by atoms with E-state index in [1.54, 1.807) is 0 Å². The number of ketones is 1. The van der Waals surface area contributed by atoms with Gasteiger partial charge in [0.2, 0.25) is 0 Å². The number of Topliss-reactive ketones (excluding diaryl/α,β-unsaturated/α-hetero) is 1. The summed E-state index contributed by atoms with van der Waals surface area (Å²) in [7, 11) is 0. The Morgan fingerprint density at radius 2 is 1.48 bits per heavy atom. The van der Waals surface area contributed by atoms with Gasteiger partial charge in [-0.3, -0.25) is 24.0 Å². The van der Waals surface area contributed by atoms with Crippen LogP contribution >= 0.6 is 0 Å². The molecular weight excluding hydrogens is 524 g/mol. The fourth-order valence-electron chi connectivity index (χ4n) is 9.27. The highest BCUT2D eigenvalue weighted by Gasteiger charge is 2.82. The van der Waals surface area contributed by atoms with Gasteiger partial charge in [-0.15, -0.1) is 0 Å². The highest BCUT2D eigenvalue weighted by atomic mass is 16.7. The van der Waals surface area contributed by atoms with Crippen molar-refractivity contribution in [2.45, 2.75) is 104 Å². The van der Waals surface area contributed by atoms with E-state index in [4.69, 9.17) is 28.4 Å². The quantitative estimate of drug-likeness (QED) is 0.317. The molecule has 0 N–H and O–H groups in total. The number of ether oxygens (including phenoxy) is 6. The molecule has 0 radical (unpaired) electrons. The zero-order valence-electron chi connectivity index (χ0n) is 24.1. The van der Waals surface area contributed by atoms with Gasteiger partial charge in [0.15, 0.2) is 24.6 Å². The zero-order valence-corrected chi connectivity index (χ0v) is 24.1. The topological polar surface area (TPSA) is 141 Å². The van der Waals surface area contributed by atoms with E-state index in [1.807, 2.05) is 0 Å². The van der Waals surface area contributed by atoms with Gasteiger partial charge in [-0.25, -0.2) is 0 Å². The predicted molar refractivity (Wildman–Crippen MR) is 135 cm³/mol. The van der Waals surface area contributed by atoms with Crippen molar-refractivity contribution in [2.75, 3.05) is 13.2 Å². The monoisotopic (exact) mass is 564 g/mol. The molecule has 11 atom stereocenters. The maximum Gasteiger partial charge on any atom is 0.303 e. The zero-order chi connectivity index (χ0) is 29.2. The molecule has 4 aliphatic carbocycles. The first-order valence-corrected chi connectivity index (χ1v) is 14.2. The average molecular weight is 565 g/mol. The molecule has 0 aromatic rings. The number of carbonyl (C=O) groups is 5. The van der Waals surface area contributed by atoms with Crippen molar-refractivity contribution < 1.29 is 52.4 Å². The van der Waals surface area contributed by atoms with Crippen molar-refractivity contribution in [3.63, 3.8) is 0 Å². The Labute approximate surface area is 233 Å². The van der Waals surface area contributed by atoms with Gasteiger partial charge in [0.05, 0.1) is 6.61 Å². The molecule has 4 saturated carbocycles. The van der Waals surface area contributed by atoms with Crippen LogP contribution in [0.1, 0.15) is 73.6 Å². The predicted octanol–water partition coefficient (Wildman–Crippen LogP) is 2.51. The number of rotatable bonds is 8. The molecule has 11 unspecified atom stereocenters.